The van der Waals surface area contributed by atoms with Crippen molar-refractivity contribution in [2.24, 2.45) is 0 Å². The van der Waals surface area contributed by atoms with Gasteiger partial charge in [0.2, 0.25) is 0 Å². The van der Waals surface area contributed by atoms with Gasteiger partial charge < -0.3 is 15.1 Å². The van der Waals surface area contributed by atoms with E-state index < -0.39 is 0 Å². The first-order chi connectivity index (χ1) is 12.3. The highest BCUT2D eigenvalue weighted by atomic mass is 32.1. The smallest absolute Gasteiger partial charge is 0.272 e. The van der Waals surface area contributed by atoms with E-state index in [4.69, 9.17) is 4.98 Å². The van der Waals surface area contributed by atoms with Gasteiger partial charge in [-0.25, -0.2) is 4.98 Å². The number of anilines is 1. The van der Waals surface area contributed by atoms with Gasteiger partial charge in [0.1, 0.15) is 5.69 Å². The van der Waals surface area contributed by atoms with Gasteiger partial charge in [0.15, 0.2) is 5.13 Å². The lowest BCUT2D eigenvalue weighted by Crippen LogP contribution is -2.51. The van der Waals surface area contributed by atoms with Crippen LogP contribution in [0.3, 0.4) is 0 Å². The predicted octanol–water partition coefficient (Wildman–Crippen LogP) is 1.68. The van der Waals surface area contributed by atoms with Gasteiger partial charge in [-0.1, -0.05) is 17.4 Å². The van der Waals surface area contributed by atoms with Crippen LogP contribution >= 0.6 is 11.3 Å². The van der Waals surface area contributed by atoms with Crippen molar-refractivity contribution < 1.29 is 4.79 Å². The molecule has 1 N–H and O–H groups in total. The van der Waals surface area contributed by atoms with E-state index in [-0.39, 0.29) is 5.91 Å². The summed E-state index contributed by atoms with van der Waals surface area (Å²) in [5.41, 5.74) is 1.71. The summed E-state index contributed by atoms with van der Waals surface area (Å²) in [6, 6.07) is 6.65. The third kappa shape index (κ3) is 2.62. The van der Waals surface area contributed by atoms with Crippen molar-refractivity contribution in [2.75, 3.05) is 24.5 Å². The molecule has 2 atom stereocenters. The molecule has 6 nitrogen and oxygen atoms in total. The molecule has 2 fully saturated rings. The minimum atomic E-state index is 0.0171. The van der Waals surface area contributed by atoms with Gasteiger partial charge >= 0.3 is 0 Å². The van der Waals surface area contributed by atoms with Crippen LogP contribution in [0.4, 0.5) is 5.13 Å². The van der Waals surface area contributed by atoms with Crippen LogP contribution in [-0.4, -0.2) is 52.5 Å². The molecule has 3 aliphatic rings. The molecule has 0 aliphatic carbocycles. The molecule has 3 aliphatic heterocycles. The van der Waals surface area contributed by atoms with Crippen molar-refractivity contribution in [3.05, 3.63) is 40.7 Å². The Hall–Kier alpha value is -1.99. The summed E-state index contributed by atoms with van der Waals surface area (Å²) < 4.78 is 0. The monoisotopic (exact) mass is 355 g/mol. The molecule has 5 rings (SSSR count). The standard InChI is InChI=1S/C18H21N5OS/c24-17(15-3-1-2-7-20-15)22-8-6-14-16(11-22)25-18(21-14)23-12-4-5-13(23)10-19-9-12/h1-3,7,12-13,19H,4-6,8-11H2. The van der Waals surface area contributed by atoms with Crippen molar-refractivity contribution in [3.63, 3.8) is 0 Å². The number of piperazine rings is 1. The molecule has 0 spiro atoms. The summed E-state index contributed by atoms with van der Waals surface area (Å²) in [5, 5.41) is 4.68. The second-order valence-corrected chi connectivity index (χ2v) is 8.07. The Labute approximate surface area is 150 Å². The fourth-order valence-electron chi connectivity index (χ4n) is 4.21. The van der Waals surface area contributed by atoms with Crippen LogP contribution in [0.15, 0.2) is 24.4 Å². The largest absolute Gasteiger partial charge is 0.340 e. The van der Waals surface area contributed by atoms with Gasteiger partial charge in [0.25, 0.3) is 5.91 Å². The second-order valence-electron chi connectivity index (χ2n) is 7.01. The molecule has 2 saturated heterocycles. The molecule has 25 heavy (non-hydrogen) atoms. The molecule has 1 amide bonds. The molecule has 0 aromatic carbocycles. The molecule has 7 heteroatoms. The molecule has 2 bridgehead atoms. The van der Waals surface area contributed by atoms with Gasteiger partial charge in [-0.3, -0.25) is 9.78 Å². The lowest BCUT2D eigenvalue weighted by atomic mass is 10.1. The third-order valence-electron chi connectivity index (χ3n) is 5.49. The predicted molar refractivity (Wildman–Crippen MR) is 97.0 cm³/mol. The summed E-state index contributed by atoms with van der Waals surface area (Å²) in [6.07, 6.45) is 5.03. The maximum Gasteiger partial charge on any atom is 0.272 e. The van der Waals surface area contributed by atoms with Crippen LogP contribution in [-0.2, 0) is 13.0 Å². The Balaban J connectivity index is 1.37. The van der Waals surface area contributed by atoms with Crippen LogP contribution in [0, 0.1) is 0 Å². The zero-order chi connectivity index (χ0) is 16.8. The van der Waals surface area contributed by atoms with E-state index >= 15 is 0 Å². The number of hydrogen-bond acceptors (Lipinski definition) is 6. The number of rotatable bonds is 2. The van der Waals surface area contributed by atoms with Gasteiger partial charge in [-0.15, -0.1) is 0 Å². The maximum atomic E-state index is 12.7. The molecular formula is C18H21N5OS. The Morgan fingerprint density at radius 1 is 1.24 bits per heavy atom. The van der Waals surface area contributed by atoms with E-state index in [1.165, 1.54) is 23.4 Å². The SMILES string of the molecule is O=C(c1ccccn1)N1CCc2nc(N3C4CCC3CNC4)sc2C1. The molecular weight excluding hydrogens is 334 g/mol. The fraction of sp³-hybridized carbons (Fsp3) is 0.500. The second kappa shape index (κ2) is 6.07. The average Bonchev–Trinajstić information content (AvgIpc) is 3.18. The highest BCUT2D eigenvalue weighted by Crippen LogP contribution is 2.38. The number of nitrogens with zero attached hydrogens (tertiary/aromatic N) is 4. The van der Waals surface area contributed by atoms with Crippen LogP contribution in [0.25, 0.3) is 0 Å². The summed E-state index contributed by atoms with van der Waals surface area (Å²) in [6.45, 7) is 3.50. The molecule has 2 aromatic heterocycles. The minimum Gasteiger partial charge on any atom is -0.340 e. The van der Waals surface area contributed by atoms with Crippen LogP contribution in [0.1, 0.15) is 33.9 Å². The van der Waals surface area contributed by atoms with E-state index in [0.717, 1.165) is 31.2 Å². The molecule has 130 valence electrons. The number of carbonyl (C=O) groups excluding carboxylic acids is 1. The van der Waals surface area contributed by atoms with Crippen LogP contribution in [0.2, 0.25) is 0 Å². The van der Waals surface area contributed by atoms with Gasteiger partial charge in [0.05, 0.1) is 12.2 Å². The van der Waals surface area contributed by atoms with E-state index in [2.05, 4.69) is 15.2 Å². The summed E-state index contributed by atoms with van der Waals surface area (Å²) >= 11 is 1.78. The topological polar surface area (TPSA) is 61.4 Å². The number of fused-ring (bicyclic) bond motifs is 3. The Kier molecular flexibility index (Phi) is 3.71. The third-order valence-corrected chi connectivity index (χ3v) is 6.59. The van der Waals surface area contributed by atoms with Crippen molar-refractivity contribution in [1.29, 1.82) is 0 Å². The number of aromatic nitrogens is 2. The van der Waals surface area contributed by atoms with Gasteiger partial charge in [-0.2, -0.15) is 0 Å². The number of nitrogens with one attached hydrogen (secondary N) is 1. The van der Waals surface area contributed by atoms with Crippen molar-refractivity contribution in [2.45, 2.75) is 37.9 Å². The molecule has 2 unspecified atom stereocenters. The average molecular weight is 355 g/mol. The summed E-state index contributed by atoms with van der Waals surface area (Å²) in [5.74, 6) is 0.0171. The van der Waals surface area contributed by atoms with E-state index in [0.29, 0.717) is 24.3 Å². The Bertz CT molecular complexity index is 776. The number of thiazole rings is 1. The van der Waals surface area contributed by atoms with E-state index in [1.54, 1.807) is 23.6 Å². The highest BCUT2D eigenvalue weighted by molar-refractivity contribution is 7.15. The first-order valence-corrected chi connectivity index (χ1v) is 9.79. The summed E-state index contributed by atoms with van der Waals surface area (Å²) in [7, 11) is 0. The number of pyridine rings is 1. The zero-order valence-electron chi connectivity index (χ0n) is 14.0. The quantitative estimate of drug-likeness (QED) is 0.888. The Morgan fingerprint density at radius 3 is 2.84 bits per heavy atom. The Morgan fingerprint density at radius 2 is 2.08 bits per heavy atom. The molecule has 5 heterocycles. The summed E-state index contributed by atoms with van der Waals surface area (Å²) in [4.78, 5) is 27.5. The fourth-order valence-corrected chi connectivity index (χ4v) is 5.47. The number of carbonyl (C=O) groups is 1. The lowest BCUT2D eigenvalue weighted by Gasteiger charge is -2.35. The normalized spacial score (nSPS) is 25.1. The lowest BCUT2D eigenvalue weighted by molar-refractivity contribution is 0.0730. The van der Waals surface area contributed by atoms with Crippen molar-refractivity contribution in [1.82, 2.24) is 20.2 Å². The molecule has 0 saturated carbocycles. The molecule has 2 aromatic rings. The highest BCUT2D eigenvalue weighted by Gasteiger charge is 2.39. The minimum absolute atomic E-state index is 0.0171. The van der Waals surface area contributed by atoms with E-state index in [9.17, 15) is 4.79 Å². The maximum absolute atomic E-state index is 12.7. The van der Waals surface area contributed by atoms with Crippen molar-refractivity contribution >= 4 is 22.4 Å². The first kappa shape index (κ1) is 15.3. The van der Waals surface area contributed by atoms with Crippen LogP contribution < -0.4 is 10.2 Å². The van der Waals surface area contributed by atoms with Crippen molar-refractivity contribution in [3.8, 4) is 0 Å². The number of amides is 1. The van der Waals surface area contributed by atoms with Crippen LogP contribution in [0.5, 0.6) is 0 Å². The van der Waals surface area contributed by atoms with Gasteiger partial charge in [0, 0.05) is 49.2 Å². The number of hydrogen-bond donors (Lipinski definition) is 1. The first-order valence-electron chi connectivity index (χ1n) is 8.97. The zero-order valence-corrected chi connectivity index (χ0v) is 14.8. The van der Waals surface area contributed by atoms with Gasteiger partial charge in [-0.05, 0) is 25.0 Å². The van der Waals surface area contributed by atoms with E-state index in [1.807, 2.05) is 17.0 Å². The molecule has 0 radical (unpaired) electrons.